The number of nitrogens with one attached hydrogen (secondary N) is 1. The number of rotatable bonds is 3. The Morgan fingerprint density at radius 1 is 1.00 bits per heavy atom. The van der Waals surface area contributed by atoms with Gasteiger partial charge in [-0.25, -0.2) is 8.42 Å². The Morgan fingerprint density at radius 2 is 1.67 bits per heavy atom. The van der Waals surface area contributed by atoms with Crippen molar-refractivity contribution in [3.8, 4) is 0 Å². The molecule has 2 atom stereocenters. The van der Waals surface area contributed by atoms with E-state index in [1.807, 2.05) is 19.1 Å². The number of hydrogen-bond acceptors (Lipinski definition) is 4. The standard InChI is InChI=1S/C20H29N3O3S/c1-15-2-6-19(7-3-15)27(25,26)22-12-9-16(10-13-22)20(24)23-17-4-5-18(23)14-21-11-8-17/h2-3,6-7,16-18,21H,4-5,8-14H2,1H3. The lowest BCUT2D eigenvalue weighted by Crippen LogP contribution is -2.48. The number of aryl methyl sites for hydroxylation is 1. The first-order valence-corrected chi connectivity index (χ1v) is 11.5. The molecule has 3 heterocycles. The van der Waals surface area contributed by atoms with E-state index in [0.29, 0.717) is 42.9 Å². The van der Waals surface area contributed by atoms with Crippen LogP contribution in [0.15, 0.2) is 29.2 Å². The fraction of sp³-hybridized carbons (Fsp3) is 0.650. The van der Waals surface area contributed by atoms with Gasteiger partial charge < -0.3 is 10.2 Å². The summed E-state index contributed by atoms with van der Waals surface area (Å²) in [5.41, 5.74) is 1.04. The van der Waals surface area contributed by atoms with Gasteiger partial charge in [0.15, 0.2) is 0 Å². The van der Waals surface area contributed by atoms with Crippen molar-refractivity contribution in [2.75, 3.05) is 26.2 Å². The van der Waals surface area contributed by atoms with Crippen molar-refractivity contribution < 1.29 is 13.2 Å². The van der Waals surface area contributed by atoms with Crippen molar-refractivity contribution in [1.29, 1.82) is 0 Å². The van der Waals surface area contributed by atoms with Crippen LogP contribution in [0.25, 0.3) is 0 Å². The fourth-order valence-corrected chi connectivity index (χ4v) is 6.23. The lowest BCUT2D eigenvalue weighted by Gasteiger charge is -2.36. The molecule has 2 bridgehead atoms. The van der Waals surface area contributed by atoms with Crippen molar-refractivity contribution >= 4 is 15.9 Å². The third-order valence-electron chi connectivity index (χ3n) is 6.37. The number of benzene rings is 1. The van der Waals surface area contributed by atoms with Crippen molar-refractivity contribution in [2.45, 2.75) is 56.0 Å². The molecule has 1 N–H and O–H groups in total. The molecule has 6 nitrogen and oxygen atoms in total. The zero-order valence-corrected chi connectivity index (χ0v) is 16.7. The van der Waals surface area contributed by atoms with Gasteiger partial charge in [0.1, 0.15) is 0 Å². The van der Waals surface area contributed by atoms with Crippen LogP contribution in [0.2, 0.25) is 0 Å². The van der Waals surface area contributed by atoms with E-state index in [2.05, 4.69) is 10.2 Å². The van der Waals surface area contributed by atoms with Crippen LogP contribution < -0.4 is 5.32 Å². The zero-order valence-electron chi connectivity index (χ0n) is 15.9. The summed E-state index contributed by atoms with van der Waals surface area (Å²) in [6.45, 7) is 4.67. The Balaban J connectivity index is 1.41. The van der Waals surface area contributed by atoms with Crippen LogP contribution in [0, 0.1) is 12.8 Å². The molecule has 0 aromatic heterocycles. The number of sulfonamides is 1. The summed E-state index contributed by atoms with van der Waals surface area (Å²) in [6.07, 6.45) is 4.46. The second-order valence-electron chi connectivity index (χ2n) is 8.11. The highest BCUT2D eigenvalue weighted by Crippen LogP contribution is 2.32. The summed E-state index contributed by atoms with van der Waals surface area (Å²) in [7, 11) is -3.47. The molecule has 1 amide bonds. The predicted molar refractivity (Wildman–Crippen MR) is 104 cm³/mol. The normalized spacial score (nSPS) is 27.5. The zero-order chi connectivity index (χ0) is 19.0. The molecule has 27 heavy (non-hydrogen) atoms. The van der Waals surface area contributed by atoms with Crippen molar-refractivity contribution in [3.63, 3.8) is 0 Å². The van der Waals surface area contributed by atoms with Crippen LogP contribution in [0.4, 0.5) is 0 Å². The molecule has 1 aromatic carbocycles. The van der Waals surface area contributed by atoms with E-state index in [9.17, 15) is 13.2 Å². The maximum absolute atomic E-state index is 13.2. The molecule has 0 aliphatic carbocycles. The molecule has 148 valence electrons. The highest BCUT2D eigenvalue weighted by Gasteiger charge is 2.42. The van der Waals surface area contributed by atoms with E-state index in [4.69, 9.17) is 0 Å². The van der Waals surface area contributed by atoms with Crippen LogP contribution in [0.3, 0.4) is 0 Å². The number of fused-ring (bicyclic) bond motifs is 2. The smallest absolute Gasteiger partial charge is 0.243 e. The maximum atomic E-state index is 13.2. The largest absolute Gasteiger partial charge is 0.335 e. The molecule has 3 aliphatic heterocycles. The Kier molecular flexibility index (Phi) is 5.27. The van der Waals surface area contributed by atoms with Crippen molar-refractivity contribution in [3.05, 3.63) is 29.8 Å². The topological polar surface area (TPSA) is 69.7 Å². The minimum atomic E-state index is -3.47. The van der Waals surface area contributed by atoms with Crippen LogP contribution >= 0.6 is 0 Å². The Hall–Kier alpha value is -1.44. The van der Waals surface area contributed by atoms with Crippen LogP contribution in [-0.4, -0.2) is 61.8 Å². The van der Waals surface area contributed by atoms with Crippen LogP contribution in [0.1, 0.15) is 37.7 Å². The minimum absolute atomic E-state index is 0.0457. The van der Waals surface area contributed by atoms with Gasteiger partial charge in [0.25, 0.3) is 0 Å². The molecule has 0 saturated carbocycles. The number of amides is 1. The van der Waals surface area contributed by atoms with E-state index >= 15 is 0 Å². The average molecular weight is 392 g/mol. The fourth-order valence-electron chi connectivity index (χ4n) is 4.76. The van der Waals surface area contributed by atoms with Gasteiger partial charge >= 0.3 is 0 Å². The first-order chi connectivity index (χ1) is 13.0. The van der Waals surface area contributed by atoms with E-state index in [1.54, 1.807) is 16.4 Å². The molecule has 0 spiro atoms. The summed E-state index contributed by atoms with van der Waals surface area (Å²) in [4.78, 5) is 15.6. The Labute approximate surface area is 162 Å². The highest BCUT2D eigenvalue weighted by atomic mass is 32.2. The summed E-state index contributed by atoms with van der Waals surface area (Å²) >= 11 is 0. The summed E-state index contributed by atoms with van der Waals surface area (Å²) < 4.78 is 27.3. The van der Waals surface area contributed by atoms with Gasteiger partial charge in [0.2, 0.25) is 15.9 Å². The number of carbonyl (C=O) groups excluding carboxylic acids is 1. The number of piperidine rings is 1. The summed E-state index contributed by atoms with van der Waals surface area (Å²) in [6, 6.07) is 7.68. The minimum Gasteiger partial charge on any atom is -0.335 e. The Morgan fingerprint density at radius 3 is 2.37 bits per heavy atom. The molecular weight excluding hydrogens is 362 g/mol. The maximum Gasteiger partial charge on any atom is 0.243 e. The third kappa shape index (κ3) is 3.65. The monoisotopic (exact) mass is 391 g/mol. The first-order valence-electron chi connectivity index (χ1n) is 10.1. The molecular formula is C20H29N3O3S. The SMILES string of the molecule is Cc1ccc(S(=O)(=O)N2CCC(C(=O)N3C4CCNCC3CC4)CC2)cc1. The summed E-state index contributed by atoms with van der Waals surface area (Å²) in [5, 5.41) is 3.43. The molecule has 3 fully saturated rings. The van der Waals surface area contributed by atoms with Gasteiger partial charge in [0.05, 0.1) is 4.90 Å². The lowest BCUT2D eigenvalue weighted by atomic mass is 9.95. The molecule has 1 aromatic rings. The molecule has 7 heteroatoms. The number of nitrogens with zero attached hydrogens (tertiary/aromatic N) is 2. The van der Waals surface area contributed by atoms with Gasteiger partial charge in [-0.05, 0) is 57.7 Å². The summed E-state index contributed by atoms with van der Waals surface area (Å²) in [5.74, 6) is 0.203. The molecule has 3 aliphatic rings. The van der Waals surface area contributed by atoms with E-state index in [-0.39, 0.29) is 11.8 Å². The highest BCUT2D eigenvalue weighted by molar-refractivity contribution is 7.89. The van der Waals surface area contributed by atoms with E-state index in [1.165, 1.54) is 0 Å². The van der Waals surface area contributed by atoms with Crippen LogP contribution in [-0.2, 0) is 14.8 Å². The lowest BCUT2D eigenvalue weighted by molar-refractivity contribution is -0.139. The van der Waals surface area contributed by atoms with Gasteiger partial charge in [-0.3, -0.25) is 4.79 Å². The number of carbonyl (C=O) groups is 1. The van der Waals surface area contributed by atoms with E-state index in [0.717, 1.165) is 37.9 Å². The van der Waals surface area contributed by atoms with Gasteiger partial charge in [-0.2, -0.15) is 4.31 Å². The average Bonchev–Trinajstić information content (AvgIpc) is 2.94. The van der Waals surface area contributed by atoms with Gasteiger partial charge in [-0.1, -0.05) is 17.7 Å². The molecule has 2 unspecified atom stereocenters. The Bertz CT molecular complexity index is 771. The predicted octanol–water partition coefficient (Wildman–Crippen LogP) is 1.75. The first kappa shape index (κ1) is 18.9. The molecule has 0 radical (unpaired) electrons. The van der Waals surface area contributed by atoms with Gasteiger partial charge in [-0.15, -0.1) is 0 Å². The second kappa shape index (κ2) is 7.53. The number of hydrogen-bond donors (Lipinski definition) is 1. The molecule has 3 saturated heterocycles. The third-order valence-corrected chi connectivity index (χ3v) is 8.28. The van der Waals surface area contributed by atoms with E-state index < -0.39 is 10.0 Å². The second-order valence-corrected chi connectivity index (χ2v) is 10.1. The van der Waals surface area contributed by atoms with Crippen molar-refractivity contribution in [2.24, 2.45) is 5.92 Å². The molecule has 4 rings (SSSR count). The quantitative estimate of drug-likeness (QED) is 0.852. The van der Waals surface area contributed by atoms with Crippen LogP contribution in [0.5, 0.6) is 0 Å². The van der Waals surface area contributed by atoms with Gasteiger partial charge in [0, 0.05) is 37.6 Å². The van der Waals surface area contributed by atoms with Crippen molar-refractivity contribution in [1.82, 2.24) is 14.5 Å².